The molecular formula is C9H14N2O. The lowest BCUT2D eigenvalue weighted by molar-refractivity contribution is 0.710. The monoisotopic (exact) mass is 166 g/mol. The van der Waals surface area contributed by atoms with Crippen LogP contribution >= 0.6 is 0 Å². The van der Waals surface area contributed by atoms with Crippen LogP contribution < -0.4 is 5.56 Å². The van der Waals surface area contributed by atoms with Crippen LogP contribution in [0.1, 0.15) is 31.7 Å². The second-order valence-corrected chi connectivity index (χ2v) is 2.87. The van der Waals surface area contributed by atoms with Crippen molar-refractivity contribution >= 4 is 0 Å². The zero-order chi connectivity index (χ0) is 8.81. The summed E-state index contributed by atoms with van der Waals surface area (Å²) in [6, 6.07) is 1.79. The van der Waals surface area contributed by atoms with Gasteiger partial charge in [-0.05, 0) is 18.9 Å². The fourth-order valence-electron chi connectivity index (χ4n) is 1.13. The number of hydrogen-bond acceptors (Lipinski definition) is 2. The first-order valence-electron chi connectivity index (χ1n) is 4.37. The third-order valence-corrected chi connectivity index (χ3v) is 1.86. The number of aromatic nitrogens is 2. The molecule has 0 aliphatic carbocycles. The average Bonchev–Trinajstić information content (AvgIpc) is 2.09. The van der Waals surface area contributed by atoms with Crippen LogP contribution in [0.15, 0.2) is 17.1 Å². The minimum Gasteiger partial charge on any atom is -0.268 e. The molecule has 0 saturated carbocycles. The molecule has 0 saturated heterocycles. The molecule has 0 fully saturated rings. The van der Waals surface area contributed by atoms with Crippen LogP contribution in [-0.2, 0) is 6.42 Å². The summed E-state index contributed by atoms with van der Waals surface area (Å²) in [6.45, 7) is 2.15. The molecule has 1 heterocycles. The van der Waals surface area contributed by atoms with Crippen molar-refractivity contribution in [2.45, 2.75) is 32.6 Å². The Morgan fingerprint density at radius 2 is 2.33 bits per heavy atom. The summed E-state index contributed by atoms with van der Waals surface area (Å²) >= 11 is 0. The van der Waals surface area contributed by atoms with Gasteiger partial charge in [0.25, 0.3) is 5.56 Å². The molecule has 0 aliphatic heterocycles. The Balaban J connectivity index is 2.52. The van der Waals surface area contributed by atoms with E-state index in [1.54, 1.807) is 12.3 Å². The lowest BCUT2D eigenvalue weighted by Crippen LogP contribution is -2.12. The van der Waals surface area contributed by atoms with Crippen molar-refractivity contribution in [3.63, 3.8) is 0 Å². The van der Waals surface area contributed by atoms with Gasteiger partial charge in [-0.3, -0.25) is 4.79 Å². The summed E-state index contributed by atoms with van der Waals surface area (Å²) in [5.74, 6) is 0. The Morgan fingerprint density at radius 1 is 1.50 bits per heavy atom. The molecule has 3 heteroatoms. The van der Waals surface area contributed by atoms with Crippen molar-refractivity contribution in [1.29, 1.82) is 0 Å². The van der Waals surface area contributed by atoms with Gasteiger partial charge in [0.1, 0.15) is 0 Å². The lowest BCUT2D eigenvalue weighted by atomic mass is 10.1. The molecule has 0 aliphatic rings. The van der Waals surface area contributed by atoms with Gasteiger partial charge in [-0.1, -0.05) is 19.8 Å². The summed E-state index contributed by atoms with van der Waals surface area (Å²) < 4.78 is 0. The normalized spacial score (nSPS) is 10.1. The predicted octanol–water partition coefficient (Wildman–Crippen LogP) is 1.50. The van der Waals surface area contributed by atoms with Crippen molar-refractivity contribution in [3.8, 4) is 0 Å². The standard InChI is InChI=1S/C9H14N2O/c1-2-3-4-5-8-6-7-10-11-9(8)12/h6-7H,2-5H2,1H3,(H,11,12). The van der Waals surface area contributed by atoms with Gasteiger partial charge in [0.05, 0.1) is 0 Å². The van der Waals surface area contributed by atoms with Crippen LogP contribution in [0.3, 0.4) is 0 Å². The van der Waals surface area contributed by atoms with Gasteiger partial charge in [0.15, 0.2) is 0 Å². The van der Waals surface area contributed by atoms with Crippen LogP contribution in [0.2, 0.25) is 0 Å². The first-order valence-corrected chi connectivity index (χ1v) is 4.37. The van der Waals surface area contributed by atoms with Crippen molar-refractivity contribution < 1.29 is 0 Å². The van der Waals surface area contributed by atoms with Crippen molar-refractivity contribution in [2.24, 2.45) is 0 Å². The van der Waals surface area contributed by atoms with E-state index in [1.165, 1.54) is 12.8 Å². The van der Waals surface area contributed by atoms with E-state index in [1.807, 2.05) is 0 Å². The fourth-order valence-corrected chi connectivity index (χ4v) is 1.13. The Kier molecular flexibility index (Phi) is 3.51. The molecule has 66 valence electrons. The molecule has 1 aromatic heterocycles. The second-order valence-electron chi connectivity index (χ2n) is 2.87. The quantitative estimate of drug-likeness (QED) is 0.689. The van der Waals surface area contributed by atoms with E-state index in [0.717, 1.165) is 18.4 Å². The van der Waals surface area contributed by atoms with Crippen LogP contribution in [0.25, 0.3) is 0 Å². The predicted molar refractivity (Wildman–Crippen MR) is 48.1 cm³/mol. The topological polar surface area (TPSA) is 45.8 Å². The van der Waals surface area contributed by atoms with Gasteiger partial charge < -0.3 is 0 Å². The number of unbranched alkanes of at least 4 members (excludes halogenated alkanes) is 2. The number of nitrogens with zero attached hydrogens (tertiary/aromatic N) is 1. The van der Waals surface area contributed by atoms with Gasteiger partial charge in [-0.2, -0.15) is 5.10 Å². The maximum Gasteiger partial charge on any atom is 0.267 e. The third-order valence-electron chi connectivity index (χ3n) is 1.86. The van der Waals surface area contributed by atoms with Gasteiger partial charge in [-0.15, -0.1) is 0 Å². The molecule has 0 bridgehead atoms. The van der Waals surface area contributed by atoms with Crippen LogP contribution in [-0.4, -0.2) is 10.2 Å². The van der Waals surface area contributed by atoms with Crippen molar-refractivity contribution in [1.82, 2.24) is 10.2 Å². The van der Waals surface area contributed by atoms with Crippen molar-refractivity contribution in [2.75, 3.05) is 0 Å². The highest BCUT2D eigenvalue weighted by Crippen LogP contribution is 2.00. The molecule has 0 amide bonds. The van der Waals surface area contributed by atoms with Gasteiger partial charge in [-0.25, -0.2) is 5.10 Å². The van der Waals surface area contributed by atoms with E-state index >= 15 is 0 Å². The maximum atomic E-state index is 11.1. The number of aryl methyl sites for hydroxylation is 1. The number of H-pyrrole nitrogens is 1. The van der Waals surface area contributed by atoms with E-state index in [9.17, 15) is 4.79 Å². The summed E-state index contributed by atoms with van der Waals surface area (Å²) in [6.07, 6.45) is 5.95. The highest BCUT2D eigenvalue weighted by molar-refractivity contribution is 5.05. The molecule has 0 spiro atoms. The average molecular weight is 166 g/mol. The maximum absolute atomic E-state index is 11.1. The zero-order valence-corrected chi connectivity index (χ0v) is 7.34. The Bertz CT molecular complexity index is 280. The molecular weight excluding hydrogens is 152 g/mol. The smallest absolute Gasteiger partial charge is 0.267 e. The van der Waals surface area contributed by atoms with Crippen molar-refractivity contribution in [3.05, 3.63) is 28.2 Å². The summed E-state index contributed by atoms with van der Waals surface area (Å²) in [5, 5.41) is 6.06. The molecule has 12 heavy (non-hydrogen) atoms. The molecule has 1 aromatic rings. The van der Waals surface area contributed by atoms with Gasteiger partial charge in [0, 0.05) is 11.8 Å². The Labute approximate surface area is 71.8 Å². The Morgan fingerprint density at radius 3 is 3.00 bits per heavy atom. The molecule has 0 aromatic carbocycles. The minimum absolute atomic E-state index is 0.0476. The summed E-state index contributed by atoms with van der Waals surface area (Å²) in [4.78, 5) is 11.1. The van der Waals surface area contributed by atoms with E-state index < -0.39 is 0 Å². The number of hydrogen-bond donors (Lipinski definition) is 1. The Hall–Kier alpha value is -1.12. The summed E-state index contributed by atoms with van der Waals surface area (Å²) in [5.41, 5.74) is 0.798. The van der Waals surface area contributed by atoms with E-state index in [2.05, 4.69) is 17.1 Å². The first-order chi connectivity index (χ1) is 5.84. The molecule has 1 rings (SSSR count). The number of rotatable bonds is 4. The zero-order valence-electron chi connectivity index (χ0n) is 7.34. The number of nitrogens with one attached hydrogen (secondary N) is 1. The molecule has 3 nitrogen and oxygen atoms in total. The summed E-state index contributed by atoms with van der Waals surface area (Å²) in [7, 11) is 0. The SMILES string of the molecule is CCCCCc1ccn[nH]c1=O. The van der Waals surface area contributed by atoms with Crippen LogP contribution in [0.4, 0.5) is 0 Å². The number of aromatic amines is 1. The first kappa shape index (κ1) is 8.97. The highest BCUT2D eigenvalue weighted by atomic mass is 16.1. The minimum atomic E-state index is -0.0476. The van der Waals surface area contributed by atoms with E-state index in [0.29, 0.717) is 0 Å². The van der Waals surface area contributed by atoms with E-state index in [-0.39, 0.29) is 5.56 Å². The molecule has 0 unspecified atom stereocenters. The third kappa shape index (κ3) is 2.49. The van der Waals surface area contributed by atoms with Crippen LogP contribution in [0.5, 0.6) is 0 Å². The molecule has 1 N–H and O–H groups in total. The van der Waals surface area contributed by atoms with Gasteiger partial charge in [0.2, 0.25) is 0 Å². The molecule has 0 radical (unpaired) electrons. The largest absolute Gasteiger partial charge is 0.268 e. The highest BCUT2D eigenvalue weighted by Gasteiger charge is 1.96. The van der Waals surface area contributed by atoms with Crippen LogP contribution in [0, 0.1) is 0 Å². The van der Waals surface area contributed by atoms with E-state index in [4.69, 9.17) is 0 Å². The second kappa shape index (κ2) is 4.70. The van der Waals surface area contributed by atoms with Gasteiger partial charge >= 0.3 is 0 Å². The molecule has 0 atom stereocenters. The fraction of sp³-hybridized carbons (Fsp3) is 0.556. The lowest BCUT2D eigenvalue weighted by Gasteiger charge is -1.96.